The number of carbonyl (C=O) groups excluding carboxylic acids is 2. The van der Waals surface area contributed by atoms with Crippen molar-refractivity contribution in [1.29, 1.82) is 0 Å². The molecule has 1 atom stereocenters. The monoisotopic (exact) mass is 713 g/mol. The van der Waals surface area contributed by atoms with Gasteiger partial charge in [-0.1, -0.05) is 33.3 Å². The Balaban J connectivity index is 1.55. The fourth-order valence-electron chi connectivity index (χ4n) is 5.27. The number of allylic oxidation sites excluding steroid dienone is 1. The first kappa shape index (κ1) is 33.4. The lowest BCUT2D eigenvalue weighted by Gasteiger charge is -2.26. The SMILES string of the molecule is CCOc1cc(/C=c2\sc3n(c2=O)[C@@H](c2cc(Br)ccc2OC)C(C(=O)OC(C)C)=C(C)N=3)ccc1OCC(=O)N1CCOCC1. The van der Waals surface area contributed by atoms with Crippen LogP contribution in [0.25, 0.3) is 6.08 Å². The normalized spacial score (nSPS) is 16.6. The maximum Gasteiger partial charge on any atom is 0.338 e. The molecule has 11 nitrogen and oxygen atoms in total. The van der Waals surface area contributed by atoms with Crippen molar-refractivity contribution in [2.75, 3.05) is 46.6 Å². The molecular weight excluding hydrogens is 678 g/mol. The summed E-state index contributed by atoms with van der Waals surface area (Å²) in [4.78, 5) is 47.0. The van der Waals surface area contributed by atoms with E-state index in [0.29, 0.717) is 76.3 Å². The van der Waals surface area contributed by atoms with Crippen LogP contribution in [0.15, 0.2) is 61.9 Å². The number of ether oxygens (including phenoxy) is 5. The third kappa shape index (κ3) is 7.21. The molecule has 0 bridgehead atoms. The average molecular weight is 715 g/mol. The van der Waals surface area contributed by atoms with Gasteiger partial charge in [-0.25, -0.2) is 9.79 Å². The number of rotatable bonds is 10. The number of aromatic nitrogens is 1. The molecule has 3 heterocycles. The average Bonchev–Trinajstić information content (AvgIpc) is 3.33. The number of methoxy groups -OCH3 is 1. The van der Waals surface area contributed by atoms with E-state index in [4.69, 9.17) is 23.7 Å². The van der Waals surface area contributed by atoms with Gasteiger partial charge in [-0.2, -0.15) is 0 Å². The molecule has 2 aromatic carbocycles. The number of halogens is 1. The fraction of sp³-hybridized carbons (Fsp3) is 0.394. The van der Waals surface area contributed by atoms with Gasteiger partial charge in [-0.05, 0) is 69.7 Å². The van der Waals surface area contributed by atoms with E-state index in [1.807, 2.05) is 19.1 Å². The van der Waals surface area contributed by atoms with Crippen LogP contribution in [-0.2, 0) is 19.1 Å². The number of hydrogen-bond acceptors (Lipinski definition) is 10. The maximum absolute atomic E-state index is 14.1. The minimum Gasteiger partial charge on any atom is -0.496 e. The first-order valence-corrected chi connectivity index (χ1v) is 16.5. The summed E-state index contributed by atoms with van der Waals surface area (Å²) in [6.45, 7) is 9.47. The highest BCUT2D eigenvalue weighted by atomic mass is 79.9. The number of benzene rings is 2. The van der Waals surface area contributed by atoms with Crippen molar-refractivity contribution in [3.05, 3.63) is 83.0 Å². The van der Waals surface area contributed by atoms with Crippen LogP contribution in [0, 0.1) is 0 Å². The lowest BCUT2D eigenvalue weighted by Crippen LogP contribution is -2.43. The van der Waals surface area contributed by atoms with Gasteiger partial charge >= 0.3 is 5.97 Å². The number of carbonyl (C=O) groups is 2. The summed E-state index contributed by atoms with van der Waals surface area (Å²) >= 11 is 4.74. The van der Waals surface area contributed by atoms with Crippen LogP contribution >= 0.6 is 27.3 Å². The smallest absolute Gasteiger partial charge is 0.338 e. The van der Waals surface area contributed by atoms with E-state index < -0.39 is 12.0 Å². The molecule has 0 unspecified atom stereocenters. The predicted octanol–water partition coefficient (Wildman–Crippen LogP) is 3.59. The van der Waals surface area contributed by atoms with E-state index in [2.05, 4.69) is 20.9 Å². The highest BCUT2D eigenvalue weighted by molar-refractivity contribution is 9.10. The first-order valence-electron chi connectivity index (χ1n) is 14.9. The van der Waals surface area contributed by atoms with Gasteiger partial charge in [0.15, 0.2) is 22.9 Å². The molecule has 2 aliphatic heterocycles. The van der Waals surface area contributed by atoms with Crippen molar-refractivity contribution in [3.8, 4) is 17.2 Å². The molecule has 1 aromatic heterocycles. The number of esters is 1. The van der Waals surface area contributed by atoms with Crippen molar-refractivity contribution in [3.63, 3.8) is 0 Å². The zero-order valence-electron chi connectivity index (χ0n) is 26.3. The lowest BCUT2D eigenvalue weighted by atomic mass is 9.95. The summed E-state index contributed by atoms with van der Waals surface area (Å²) in [5, 5.41) is 0. The number of fused-ring (bicyclic) bond motifs is 1. The van der Waals surface area contributed by atoms with Crippen molar-refractivity contribution >= 4 is 45.2 Å². The van der Waals surface area contributed by atoms with Gasteiger partial charge in [0.25, 0.3) is 11.5 Å². The summed E-state index contributed by atoms with van der Waals surface area (Å²) in [5.74, 6) is 0.704. The quantitative estimate of drug-likeness (QED) is 0.293. The maximum atomic E-state index is 14.1. The van der Waals surface area contributed by atoms with E-state index in [9.17, 15) is 14.4 Å². The van der Waals surface area contributed by atoms with Gasteiger partial charge in [-0.15, -0.1) is 0 Å². The molecule has 1 saturated heterocycles. The standard InChI is InChI=1S/C33H36BrN3O8S/c1-6-43-26-15-21(7-9-25(26)44-18-28(38)36-11-13-42-14-12-36)16-27-31(39)37-30(23-17-22(34)8-10-24(23)41-5)29(32(40)45-19(2)3)20(4)35-33(37)46-27/h7-10,15-17,19,30H,6,11-14,18H2,1-5H3/b27-16-/t30-/m0/s1. The second-order valence-electron chi connectivity index (χ2n) is 10.8. The van der Waals surface area contributed by atoms with E-state index in [1.165, 1.54) is 15.9 Å². The zero-order chi connectivity index (χ0) is 33.0. The molecule has 244 valence electrons. The molecule has 46 heavy (non-hydrogen) atoms. The highest BCUT2D eigenvalue weighted by Crippen LogP contribution is 2.37. The number of thiazole rings is 1. The third-order valence-corrected chi connectivity index (χ3v) is 8.83. The Kier molecular flexibility index (Phi) is 10.6. The molecule has 5 rings (SSSR count). The van der Waals surface area contributed by atoms with Crippen LogP contribution < -0.4 is 29.1 Å². The second kappa shape index (κ2) is 14.7. The van der Waals surface area contributed by atoms with Gasteiger partial charge in [0.2, 0.25) is 0 Å². The fourth-order valence-corrected chi connectivity index (χ4v) is 6.70. The van der Waals surface area contributed by atoms with Gasteiger partial charge < -0.3 is 28.6 Å². The van der Waals surface area contributed by atoms with Crippen molar-refractivity contribution in [1.82, 2.24) is 9.47 Å². The zero-order valence-corrected chi connectivity index (χ0v) is 28.7. The highest BCUT2D eigenvalue weighted by Gasteiger charge is 2.35. The van der Waals surface area contributed by atoms with Crippen LogP contribution in [0.2, 0.25) is 0 Å². The molecule has 1 amide bonds. The van der Waals surface area contributed by atoms with Crippen LogP contribution in [0.1, 0.15) is 44.9 Å². The predicted molar refractivity (Wildman–Crippen MR) is 176 cm³/mol. The Labute approximate surface area is 278 Å². The van der Waals surface area contributed by atoms with Crippen LogP contribution in [0.5, 0.6) is 17.2 Å². The number of amides is 1. The van der Waals surface area contributed by atoms with Crippen molar-refractivity contribution < 1.29 is 33.3 Å². The molecule has 0 saturated carbocycles. The Morgan fingerprint density at radius 2 is 1.85 bits per heavy atom. The number of morpholine rings is 1. The van der Waals surface area contributed by atoms with Gasteiger partial charge in [0, 0.05) is 23.1 Å². The molecular formula is C33H36BrN3O8S. The number of nitrogens with zero attached hydrogens (tertiary/aromatic N) is 3. The Morgan fingerprint density at radius 1 is 1.11 bits per heavy atom. The molecule has 2 aliphatic rings. The van der Waals surface area contributed by atoms with Crippen molar-refractivity contribution in [2.45, 2.75) is 39.8 Å². The molecule has 3 aromatic rings. The second-order valence-corrected chi connectivity index (χ2v) is 12.8. The molecule has 13 heteroatoms. The van der Waals surface area contributed by atoms with E-state index in [0.717, 1.165) is 4.47 Å². The summed E-state index contributed by atoms with van der Waals surface area (Å²) in [6, 6.07) is 9.89. The minimum atomic E-state index is -0.837. The first-order chi connectivity index (χ1) is 22.1. The molecule has 0 spiro atoms. The molecule has 0 aliphatic carbocycles. The Morgan fingerprint density at radius 3 is 2.54 bits per heavy atom. The summed E-state index contributed by atoms with van der Waals surface area (Å²) in [5.41, 5.74) is 1.69. The topological polar surface area (TPSA) is 118 Å². The van der Waals surface area contributed by atoms with Crippen LogP contribution in [-0.4, -0.2) is 74.1 Å². The largest absolute Gasteiger partial charge is 0.496 e. The van der Waals surface area contributed by atoms with Gasteiger partial charge in [0.1, 0.15) is 11.8 Å². The minimum absolute atomic E-state index is 0.125. The third-order valence-electron chi connectivity index (χ3n) is 7.35. The van der Waals surface area contributed by atoms with Gasteiger partial charge in [-0.3, -0.25) is 14.2 Å². The van der Waals surface area contributed by atoms with Crippen LogP contribution in [0.3, 0.4) is 0 Å². The molecule has 0 N–H and O–H groups in total. The summed E-state index contributed by atoms with van der Waals surface area (Å²) in [7, 11) is 1.54. The van der Waals surface area contributed by atoms with E-state index in [-0.39, 0.29) is 29.8 Å². The van der Waals surface area contributed by atoms with E-state index in [1.54, 1.807) is 63.1 Å². The lowest BCUT2D eigenvalue weighted by molar-refractivity contribution is -0.143. The summed E-state index contributed by atoms with van der Waals surface area (Å²) < 4.78 is 31.0. The van der Waals surface area contributed by atoms with E-state index >= 15 is 0 Å². The van der Waals surface area contributed by atoms with Crippen LogP contribution in [0.4, 0.5) is 0 Å². The number of hydrogen-bond donors (Lipinski definition) is 0. The van der Waals surface area contributed by atoms with Gasteiger partial charge in [0.05, 0.1) is 48.8 Å². The van der Waals surface area contributed by atoms with Crippen molar-refractivity contribution in [2.24, 2.45) is 4.99 Å². The Hall–Kier alpha value is -3.94. The Bertz CT molecular complexity index is 1840. The summed E-state index contributed by atoms with van der Waals surface area (Å²) in [6.07, 6.45) is 1.38. The molecule has 0 radical (unpaired) electrons. The molecule has 1 fully saturated rings.